The first-order valence-electron chi connectivity index (χ1n) is 6.43. The molecular weight excluding hydrogens is 266 g/mol. The Labute approximate surface area is 119 Å². The lowest BCUT2D eigenvalue weighted by molar-refractivity contribution is -0.116. The van der Waals surface area contributed by atoms with E-state index in [1.54, 1.807) is 0 Å². The topological polar surface area (TPSA) is 47.6 Å². The van der Waals surface area contributed by atoms with Crippen LogP contribution in [0.2, 0.25) is 0 Å². The summed E-state index contributed by atoms with van der Waals surface area (Å²) < 4.78 is 10.8. The smallest absolute Gasteiger partial charge is 0.224 e. The van der Waals surface area contributed by atoms with Gasteiger partial charge in [0.15, 0.2) is 0 Å². The number of carbonyl (C=O) groups is 1. The summed E-state index contributed by atoms with van der Waals surface area (Å²) in [6.07, 6.45) is 1.08. The van der Waals surface area contributed by atoms with Crippen molar-refractivity contribution in [2.45, 2.75) is 19.8 Å². The van der Waals surface area contributed by atoms with E-state index in [1.807, 2.05) is 31.2 Å². The van der Waals surface area contributed by atoms with Gasteiger partial charge < -0.3 is 14.8 Å². The maximum absolute atomic E-state index is 11.6. The van der Waals surface area contributed by atoms with Crippen molar-refractivity contribution >= 4 is 23.2 Å². The van der Waals surface area contributed by atoms with Crippen molar-refractivity contribution in [1.82, 2.24) is 0 Å². The average molecular weight is 286 g/mol. The van der Waals surface area contributed by atoms with E-state index in [1.165, 1.54) is 0 Å². The van der Waals surface area contributed by atoms with E-state index < -0.39 is 0 Å². The zero-order valence-electron chi connectivity index (χ0n) is 11.2. The second kappa shape index (κ2) is 9.64. The van der Waals surface area contributed by atoms with Gasteiger partial charge in [-0.15, -0.1) is 11.6 Å². The van der Waals surface area contributed by atoms with E-state index in [-0.39, 0.29) is 5.91 Å². The molecule has 1 aromatic rings. The summed E-state index contributed by atoms with van der Waals surface area (Å²) in [7, 11) is 0. The Morgan fingerprint density at radius 2 is 2.11 bits per heavy atom. The molecule has 0 atom stereocenters. The Bertz CT molecular complexity index is 385. The number of anilines is 1. The van der Waals surface area contributed by atoms with Crippen LogP contribution in [-0.2, 0) is 9.53 Å². The third-order valence-electron chi connectivity index (χ3n) is 2.39. The van der Waals surface area contributed by atoms with Crippen LogP contribution in [0.4, 0.5) is 5.69 Å². The number of hydrogen-bond acceptors (Lipinski definition) is 3. The quantitative estimate of drug-likeness (QED) is 0.560. The van der Waals surface area contributed by atoms with Crippen molar-refractivity contribution < 1.29 is 14.3 Å². The van der Waals surface area contributed by atoms with E-state index >= 15 is 0 Å². The first-order valence-corrected chi connectivity index (χ1v) is 6.96. The highest BCUT2D eigenvalue weighted by atomic mass is 35.5. The molecule has 0 spiro atoms. The van der Waals surface area contributed by atoms with Crippen LogP contribution in [0.1, 0.15) is 19.8 Å². The zero-order valence-corrected chi connectivity index (χ0v) is 11.9. The van der Waals surface area contributed by atoms with Gasteiger partial charge in [-0.2, -0.15) is 0 Å². The van der Waals surface area contributed by atoms with Gasteiger partial charge in [0.2, 0.25) is 5.91 Å². The van der Waals surface area contributed by atoms with E-state index in [9.17, 15) is 4.79 Å². The molecule has 0 radical (unpaired) electrons. The van der Waals surface area contributed by atoms with E-state index in [0.29, 0.717) is 50.0 Å². The van der Waals surface area contributed by atoms with Gasteiger partial charge in [-0.05, 0) is 25.5 Å². The van der Waals surface area contributed by atoms with Crippen LogP contribution >= 0.6 is 11.6 Å². The van der Waals surface area contributed by atoms with Crippen LogP contribution in [-0.4, -0.2) is 31.6 Å². The average Bonchev–Trinajstić information content (AvgIpc) is 2.43. The first kappa shape index (κ1) is 15.8. The fourth-order valence-electron chi connectivity index (χ4n) is 1.49. The lowest BCUT2D eigenvalue weighted by atomic mass is 10.2. The van der Waals surface area contributed by atoms with Crippen molar-refractivity contribution in [3.05, 3.63) is 24.3 Å². The number of rotatable bonds is 9. The Balaban J connectivity index is 2.50. The summed E-state index contributed by atoms with van der Waals surface area (Å²) in [4.78, 5) is 11.6. The number of halogens is 1. The second-order valence-electron chi connectivity index (χ2n) is 3.88. The minimum absolute atomic E-state index is 0.0542. The summed E-state index contributed by atoms with van der Waals surface area (Å²) in [6, 6.07) is 7.36. The molecule has 1 rings (SSSR count). The van der Waals surface area contributed by atoms with Crippen molar-refractivity contribution in [3.8, 4) is 5.75 Å². The minimum Gasteiger partial charge on any atom is -0.489 e. The van der Waals surface area contributed by atoms with Crippen molar-refractivity contribution in [3.63, 3.8) is 0 Å². The number of para-hydroxylation sites is 2. The molecule has 0 aromatic heterocycles. The van der Waals surface area contributed by atoms with Gasteiger partial charge in [-0.1, -0.05) is 12.1 Å². The zero-order chi connectivity index (χ0) is 13.9. The molecule has 1 amide bonds. The molecular formula is C14H20ClNO3. The molecule has 1 N–H and O–H groups in total. The molecule has 106 valence electrons. The summed E-state index contributed by atoms with van der Waals surface area (Å²) >= 11 is 5.56. The maximum Gasteiger partial charge on any atom is 0.224 e. The highest BCUT2D eigenvalue weighted by Gasteiger charge is 2.07. The second-order valence-corrected chi connectivity index (χ2v) is 4.26. The third-order valence-corrected chi connectivity index (χ3v) is 2.66. The Kier molecular flexibility index (Phi) is 8.02. The number of carbonyl (C=O) groups excluding carboxylic acids is 1. The molecule has 0 aliphatic heterocycles. The Morgan fingerprint density at radius 1 is 1.32 bits per heavy atom. The van der Waals surface area contributed by atoms with Crippen molar-refractivity contribution in [2.24, 2.45) is 0 Å². The van der Waals surface area contributed by atoms with Gasteiger partial charge in [0.05, 0.1) is 12.3 Å². The van der Waals surface area contributed by atoms with E-state index in [2.05, 4.69) is 5.32 Å². The monoisotopic (exact) mass is 285 g/mol. The van der Waals surface area contributed by atoms with Crippen LogP contribution in [0.5, 0.6) is 5.75 Å². The molecule has 19 heavy (non-hydrogen) atoms. The van der Waals surface area contributed by atoms with Gasteiger partial charge in [0.1, 0.15) is 12.4 Å². The highest BCUT2D eigenvalue weighted by molar-refractivity contribution is 6.18. The summed E-state index contributed by atoms with van der Waals surface area (Å²) in [5.74, 6) is 1.09. The van der Waals surface area contributed by atoms with Crippen molar-refractivity contribution in [1.29, 1.82) is 0 Å². The van der Waals surface area contributed by atoms with Crippen LogP contribution in [0.25, 0.3) is 0 Å². The van der Waals surface area contributed by atoms with Crippen LogP contribution < -0.4 is 10.1 Å². The molecule has 0 unspecified atom stereocenters. The largest absolute Gasteiger partial charge is 0.489 e. The van der Waals surface area contributed by atoms with Crippen LogP contribution in [0.3, 0.4) is 0 Å². The van der Waals surface area contributed by atoms with Crippen LogP contribution in [0.15, 0.2) is 24.3 Å². The number of nitrogens with one attached hydrogen (secondary N) is 1. The van der Waals surface area contributed by atoms with Gasteiger partial charge in [-0.25, -0.2) is 0 Å². The number of alkyl halides is 1. The third kappa shape index (κ3) is 6.45. The van der Waals surface area contributed by atoms with E-state index in [4.69, 9.17) is 21.1 Å². The number of ether oxygens (including phenoxy) is 2. The molecule has 0 heterocycles. The van der Waals surface area contributed by atoms with Crippen LogP contribution in [0, 0.1) is 0 Å². The van der Waals surface area contributed by atoms with Gasteiger partial charge in [-0.3, -0.25) is 4.79 Å². The first-order chi connectivity index (χ1) is 9.27. The highest BCUT2D eigenvalue weighted by Crippen LogP contribution is 2.23. The number of benzene rings is 1. The maximum atomic E-state index is 11.6. The predicted octanol–water partition coefficient (Wildman–Crippen LogP) is 3.06. The molecule has 5 heteroatoms. The Hall–Kier alpha value is -1.26. The molecule has 0 bridgehead atoms. The van der Waals surface area contributed by atoms with Gasteiger partial charge in [0.25, 0.3) is 0 Å². The fraction of sp³-hybridized carbons (Fsp3) is 0.500. The lowest BCUT2D eigenvalue weighted by Gasteiger charge is -2.12. The lowest BCUT2D eigenvalue weighted by Crippen LogP contribution is -2.13. The van der Waals surface area contributed by atoms with Gasteiger partial charge >= 0.3 is 0 Å². The summed E-state index contributed by atoms with van der Waals surface area (Å²) in [5.41, 5.74) is 0.679. The number of amides is 1. The van der Waals surface area contributed by atoms with E-state index in [0.717, 1.165) is 0 Å². The summed E-state index contributed by atoms with van der Waals surface area (Å²) in [6.45, 7) is 3.60. The molecule has 0 saturated heterocycles. The fourth-order valence-corrected chi connectivity index (χ4v) is 1.62. The molecule has 0 fully saturated rings. The Morgan fingerprint density at radius 3 is 2.84 bits per heavy atom. The molecule has 4 nitrogen and oxygen atoms in total. The minimum atomic E-state index is -0.0542. The molecule has 0 aliphatic rings. The standard InChI is InChI=1S/C14H20ClNO3/c1-2-18-10-11-19-13-7-4-3-6-12(13)16-14(17)8-5-9-15/h3-4,6-7H,2,5,8-11H2,1H3,(H,16,17). The molecule has 1 aromatic carbocycles. The van der Waals surface area contributed by atoms with Gasteiger partial charge in [0, 0.05) is 18.9 Å². The summed E-state index contributed by atoms with van der Waals surface area (Å²) in [5, 5.41) is 2.82. The number of hydrogen-bond donors (Lipinski definition) is 1. The normalized spacial score (nSPS) is 10.2. The SMILES string of the molecule is CCOCCOc1ccccc1NC(=O)CCCCl. The predicted molar refractivity (Wildman–Crippen MR) is 77.0 cm³/mol. The molecule has 0 aliphatic carbocycles. The van der Waals surface area contributed by atoms with Crippen molar-refractivity contribution in [2.75, 3.05) is 31.0 Å². The molecule has 0 saturated carbocycles.